The third kappa shape index (κ3) is 3.08. The van der Waals surface area contributed by atoms with Crippen molar-refractivity contribution in [2.45, 2.75) is 24.5 Å². The molecule has 0 saturated carbocycles. The predicted octanol–water partition coefficient (Wildman–Crippen LogP) is 3.88. The number of hydrogen-bond acceptors (Lipinski definition) is 1. The van der Waals surface area contributed by atoms with E-state index < -0.39 is 48.8 Å². The van der Waals surface area contributed by atoms with Crippen LogP contribution in [0.1, 0.15) is 0 Å². The van der Waals surface area contributed by atoms with Crippen LogP contribution in [-0.2, 0) is 0 Å². The molecule has 0 radical (unpaired) electrons. The minimum atomic E-state index is -6.58. The van der Waals surface area contributed by atoms with E-state index in [9.17, 15) is 48.3 Å². The van der Waals surface area contributed by atoms with Crippen molar-refractivity contribution in [1.82, 2.24) is 4.90 Å². The molecule has 0 unspecified atom stereocenters. The van der Waals surface area contributed by atoms with Gasteiger partial charge in [-0.2, -0.15) is 48.3 Å². The number of nitrogens with zero attached hydrogens (tertiary/aromatic N) is 1. The van der Waals surface area contributed by atoms with Gasteiger partial charge in [-0.3, -0.25) is 0 Å². The minimum Gasteiger partial charge on any atom is -0.366 e. The van der Waals surface area contributed by atoms with Gasteiger partial charge < -0.3 is 4.90 Å². The van der Waals surface area contributed by atoms with E-state index in [2.05, 4.69) is 0 Å². The van der Waals surface area contributed by atoms with Gasteiger partial charge >= 0.3 is 24.5 Å². The van der Waals surface area contributed by atoms with Crippen LogP contribution in [0, 0.1) is 0 Å². The van der Waals surface area contributed by atoms with E-state index in [1.54, 1.807) is 0 Å². The molecule has 1 saturated heterocycles. The first-order valence-electron chi connectivity index (χ1n) is 4.68. The van der Waals surface area contributed by atoms with Crippen molar-refractivity contribution in [3.63, 3.8) is 0 Å². The standard InChI is InChI=1S/C8H4F11N/c9-5(10,8(17,18)19)4(20-1-2-20)3(6(11,12)13)7(14,15)16/h1-2H2. The maximum absolute atomic E-state index is 13.0. The van der Waals surface area contributed by atoms with E-state index in [1.165, 1.54) is 0 Å². The van der Waals surface area contributed by atoms with Crippen molar-refractivity contribution in [2.75, 3.05) is 13.1 Å². The van der Waals surface area contributed by atoms with Crippen LogP contribution in [0.2, 0.25) is 0 Å². The van der Waals surface area contributed by atoms with E-state index >= 15 is 0 Å². The van der Waals surface area contributed by atoms with Crippen LogP contribution in [0.4, 0.5) is 48.3 Å². The Labute approximate surface area is 103 Å². The predicted molar refractivity (Wildman–Crippen MR) is 41.7 cm³/mol. The molecule has 1 nitrogen and oxygen atoms in total. The van der Waals surface area contributed by atoms with E-state index in [-0.39, 0.29) is 4.90 Å². The fraction of sp³-hybridized carbons (Fsp3) is 0.750. The second-order valence-corrected chi connectivity index (χ2v) is 3.78. The molecule has 0 aromatic heterocycles. The normalized spacial score (nSPS) is 17.2. The summed E-state index contributed by atoms with van der Waals surface area (Å²) in [4.78, 5) is -0.316. The Balaban J connectivity index is 3.61. The third-order valence-electron chi connectivity index (χ3n) is 2.22. The average Bonchev–Trinajstić information content (AvgIpc) is 2.89. The van der Waals surface area contributed by atoms with Crippen molar-refractivity contribution in [3.05, 3.63) is 11.3 Å². The highest BCUT2D eigenvalue weighted by molar-refractivity contribution is 5.31. The molecule has 118 valence electrons. The number of halogens is 11. The maximum atomic E-state index is 13.0. The van der Waals surface area contributed by atoms with Crippen LogP contribution in [0.25, 0.3) is 0 Å². The minimum absolute atomic E-state index is 0.316. The van der Waals surface area contributed by atoms with Crippen LogP contribution < -0.4 is 0 Å². The molecule has 1 rings (SSSR count). The van der Waals surface area contributed by atoms with Gasteiger partial charge in [0.05, 0.1) is 0 Å². The molecule has 1 fully saturated rings. The summed E-state index contributed by atoms with van der Waals surface area (Å²) < 4.78 is 136. The number of alkyl halides is 11. The topological polar surface area (TPSA) is 3.01 Å². The van der Waals surface area contributed by atoms with Crippen LogP contribution in [0.15, 0.2) is 11.3 Å². The molecule has 1 aliphatic rings. The Morgan fingerprint density at radius 2 is 1.00 bits per heavy atom. The van der Waals surface area contributed by atoms with Crippen molar-refractivity contribution in [2.24, 2.45) is 0 Å². The summed E-state index contributed by atoms with van der Waals surface area (Å²) in [5.41, 5.74) is -6.95. The zero-order valence-corrected chi connectivity index (χ0v) is 9.02. The molecule has 0 bridgehead atoms. The SMILES string of the molecule is FC(F)(F)C(=C(N1CC1)C(F)(F)C(F)(F)F)C(F)(F)F. The van der Waals surface area contributed by atoms with Crippen molar-refractivity contribution in [3.8, 4) is 0 Å². The fourth-order valence-electron chi connectivity index (χ4n) is 1.35. The lowest BCUT2D eigenvalue weighted by molar-refractivity contribution is -0.272. The Bertz CT molecular complexity index is 390. The fourth-order valence-corrected chi connectivity index (χ4v) is 1.35. The van der Waals surface area contributed by atoms with Crippen molar-refractivity contribution >= 4 is 0 Å². The van der Waals surface area contributed by atoms with Gasteiger partial charge in [-0.1, -0.05) is 0 Å². The molecular formula is C8H4F11N. The summed E-state index contributed by atoms with van der Waals surface area (Å²) >= 11 is 0. The molecule has 0 N–H and O–H groups in total. The van der Waals surface area contributed by atoms with E-state index in [0.717, 1.165) is 0 Å². The van der Waals surface area contributed by atoms with Gasteiger partial charge in [-0.15, -0.1) is 0 Å². The molecule has 0 aliphatic carbocycles. The van der Waals surface area contributed by atoms with Gasteiger partial charge in [-0.25, -0.2) is 0 Å². The zero-order chi connectivity index (χ0) is 16.1. The highest BCUT2D eigenvalue weighted by atomic mass is 19.4. The van der Waals surface area contributed by atoms with Crippen LogP contribution in [-0.4, -0.2) is 42.4 Å². The molecule has 0 aromatic rings. The van der Waals surface area contributed by atoms with Gasteiger partial charge in [0.25, 0.3) is 0 Å². The first kappa shape index (κ1) is 16.8. The molecule has 20 heavy (non-hydrogen) atoms. The second-order valence-electron chi connectivity index (χ2n) is 3.78. The number of hydrogen-bond donors (Lipinski definition) is 0. The summed E-state index contributed by atoms with van der Waals surface area (Å²) in [7, 11) is 0. The lowest BCUT2D eigenvalue weighted by Gasteiger charge is -2.28. The largest absolute Gasteiger partial charge is 0.459 e. The maximum Gasteiger partial charge on any atom is 0.459 e. The first-order valence-corrected chi connectivity index (χ1v) is 4.68. The molecule has 1 aliphatic heterocycles. The highest BCUT2D eigenvalue weighted by Gasteiger charge is 2.68. The summed E-state index contributed by atoms with van der Waals surface area (Å²) in [5.74, 6) is -6.26. The summed E-state index contributed by atoms with van der Waals surface area (Å²) in [5, 5.41) is 0. The van der Waals surface area contributed by atoms with E-state index in [0.29, 0.717) is 0 Å². The summed E-state index contributed by atoms with van der Waals surface area (Å²) in [6.45, 7) is -1.51. The Hall–Kier alpha value is -1.23. The van der Waals surface area contributed by atoms with Crippen LogP contribution >= 0.6 is 0 Å². The Kier molecular flexibility index (Phi) is 3.69. The molecule has 0 amide bonds. The Morgan fingerprint density at radius 1 is 0.650 bits per heavy atom. The van der Waals surface area contributed by atoms with Gasteiger partial charge in [0.2, 0.25) is 0 Å². The van der Waals surface area contributed by atoms with Crippen LogP contribution in [0.5, 0.6) is 0 Å². The molecule has 1 heterocycles. The summed E-state index contributed by atoms with van der Waals surface area (Å²) in [6, 6.07) is 0. The smallest absolute Gasteiger partial charge is 0.366 e. The lowest BCUT2D eigenvalue weighted by atomic mass is 10.1. The molecule has 0 spiro atoms. The number of rotatable bonds is 2. The summed E-state index contributed by atoms with van der Waals surface area (Å²) in [6.07, 6.45) is -19.4. The lowest BCUT2D eigenvalue weighted by Crippen LogP contribution is -2.45. The van der Waals surface area contributed by atoms with Gasteiger partial charge in [0, 0.05) is 13.1 Å². The molecular weight excluding hydrogens is 319 g/mol. The average molecular weight is 323 g/mol. The van der Waals surface area contributed by atoms with E-state index in [1.807, 2.05) is 0 Å². The second kappa shape index (κ2) is 4.38. The quantitative estimate of drug-likeness (QED) is 0.551. The van der Waals surface area contributed by atoms with Crippen molar-refractivity contribution in [1.29, 1.82) is 0 Å². The Morgan fingerprint density at radius 3 is 1.20 bits per heavy atom. The third-order valence-corrected chi connectivity index (χ3v) is 2.22. The molecule has 0 atom stereocenters. The van der Waals surface area contributed by atoms with Gasteiger partial charge in [0.1, 0.15) is 5.70 Å². The van der Waals surface area contributed by atoms with Gasteiger partial charge in [-0.05, 0) is 0 Å². The highest BCUT2D eigenvalue weighted by Crippen LogP contribution is 2.51. The van der Waals surface area contributed by atoms with Crippen LogP contribution in [0.3, 0.4) is 0 Å². The molecule has 12 heteroatoms. The number of allylic oxidation sites excluding steroid dienone is 2. The van der Waals surface area contributed by atoms with Crippen molar-refractivity contribution < 1.29 is 48.3 Å². The van der Waals surface area contributed by atoms with Gasteiger partial charge in [0.15, 0.2) is 5.57 Å². The monoisotopic (exact) mass is 323 g/mol. The molecule has 0 aromatic carbocycles. The van der Waals surface area contributed by atoms with E-state index in [4.69, 9.17) is 0 Å². The first-order chi connectivity index (χ1) is 8.60. The zero-order valence-electron chi connectivity index (χ0n) is 9.02.